The van der Waals surface area contributed by atoms with E-state index < -0.39 is 0 Å². The first-order valence-corrected chi connectivity index (χ1v) is 4.76. The summed E-state index contributed by atoms with van der Waals surface area (Å²) >= 11 is 0. The average Bonchev–Trinajstić information content (AvgIpc) is 2.15. The molecule has 3 heteroatoms. The maximum atomic E-state index is 11.8. The van der Waals surface area contributed by atoms with Gasteiger partial charge in [-0.1, -0.05) is 0 Å². The molecule has 1 N–H and O–H groups in total. The van der Waals surface area contributed by atoms with Crippen LogP contribution in [0.15, 0.2) is 0 Å². The van der Waals surface area contributed by atoms with Crippen LogP contribution < -0.4 is 0 Å². The molecule has 72 valence electrons. The molecule has 2 nitrogen and oxygen atoms in total. The number of likely N-dealkylation sites (tertiary alicyclic amines) is 1. The third-order valence-corrected chi connectivity index (χ3v) is 2.57. The maximum Gasteiger partial charge on any atom is 0.0906 e. The molecule has 0 amide bonds. The smallest absolute Gasteiger partial charge is 0.0906 e. The topological polar surface area (TPSA) is 23.5 Å². The van der Waals surface area contributed by atoms with E-state index in [0.29, 0.717) is 18.9 Å². The lowest BCUT2D eigenvalue weighted by Gasteiger charge is -2.30. The van der Waals surface area contributed by atoms with Gasteiger partial charge in [-0.25, -0.2) is 0 Å². The van der Waals surface area contributed by atoms with E-state index >= 15 is 0 Å². The molecule has 0 aliphatic carbocycles. The fourth-order valence-electron chi connectivity index (χ4n) is 1.68. The van der Waals surface area contributed by atoms with Gasteiger partial charge in [-0.05, 0) is 38.3 Å². The van der Waals surface area contributed by atoms with E-state index in [1.807, 2.05) is 0 Å². The monoisotopic (exact) mass is 175 g/mol. The first kappa shape index (κ1) is 9.93. The molecule has 1 saturated heterocycles. The Morgan fingerprint density at radius 3 is 2.50 bits per heavy atom. The van der Waals surface area contributed by atoms with Crippen LogP contribution in [0.2, 0.25) is 0 Å². The van der Waals surface area contributed by atoms with Gasteiger partial charge in [0, 0.05) is 13.2 Å². The molecule has 1 aliphatic heterocycles. The second-order valence-electron chi connectivity index (χ2n) is 3.51. The van der Waals surface area contributed by atoms with Gasteiger partial charge in [0.1, 0.15) is 0 Å². The highest BCUT2D eigenvalue weighted by molar-refractivity contribution is 4.71. The molecule has 0 spiro atoms. The number of piperidine rings is 1. The Bertz CT molecular complexity index is 113. The second-order valence-corrected chi connectivity index (χ2v) is 3.51. The fraction of sp³-hybridized carbons (Fsp3) is 1.00. The van der Waals surface area contributed by atoms with Gasteiger partial charge in [0.15, 0.2) is 0 Å². The Kier molecular flexibility index (Phi) is 4.54. The maximum absolute atomic E-state index is 11.8. The summed E-state index contributed by atoms with van der Waals surface area (Å²) in [5.41, 5.74) is 0. The van der Waals surface area contributed by atoms with Crippen LogP contribution in [0.25, 0.3) is 0 Å². The largest absolute Gasteiger partial charge is 0.396 e. The molecule has 0 saturated carbocycles. The molecule has 0 aromatic rings. The lowest BCUT2D eigenvalue weighted by Crippen LogP contribution is -2.35. The van der Waals surface area contributed by atoms with Crippen molar-refractivity contribution in [1.82, 2.24) is 4.90 Å². The zero-order valence-corrected chi connectivity index (χ0v) is 7.51. The van der Waals surface area contributed by atoms with E-state index in [9.17, 15) is 4.39 Å². The van der Waals surface area contributed by atoms with Crippen LogP contribution in [-0.2, 0) is 0 Å². The van der Waals surface area contributed by atoms with E-state index in [0.717, 1.165) is 32.5 Å². The van der Waals surface area contributed by atoms with Crippen LogP contribution in [0.3, 0.4) is 0 Å². The number of rotatable bonds is 4. The minimum Gasteiger partial charge on any atom is -0.396 e. The van der Waals surface area contributed by atoms with Crippen LogP contribution in [0.5, 0.6) is 0 Å². The van der Waals surface area contributed by atoms with Gasteiger partial charge in [-0.3, -0.25) is 4.39 Å². The number of hydrogen-bond donors (Lipinski definition) is 1. The molecule has 1 aliphatic rings. The van der Waals surface area contributed by atoms with Crippen molar-refractivity contribution >= 4 is 0 Å². The summed E-state index contributed by atoms with van der Waals surface area (Å²) in [7, 11) is 0. The van der Waals surface area contributed by atoms with E-state index in [2.05, 4.69) is 4.90 Å². The lowest BCUT2D eigenvalue weighted by atomic mass is 9.98. The highest BCUT2D eigenvalue weighted by atomic mass is 19.1. The van der Waals surface area contributed by atoms with Gasteiger partial charge < -0.3 is 10.0 Å². The number of aliphatic hydroxyl groups is 1. The van der Waals surface area contributed by atoms with E-state index in [4.69, 9.17) is 5.11 Å². The van der Waals surface area contributed by atoms with Crippen molar-refractivity contribution in [3.05, 3.63) is 0 Å². The molecule has 0 bridgehead atoms. The predicted molar refractivity (Wildman–Crippen MR) is 46.8 cm³/mol. The van der Waals surface area contributed by atoms with Crippen LogP contribution in [0.1, 0.15) is 19.3 Å². The number of alkyl halides is 1. The molecular weight excluding hydrogens is 157 g/mol. The molecule has 0 radical (unpaired) electrons. The summed E-state index contributed by atoms with van der Waals surface area (Å²) in [6.07, 6.45) is 2.80. The van der Waals surface area contributed by atoms with Crippen molar-refractivity contribution in [3.63, 3.8) is 0 Å². The van der Waals surface area contributed by atoms with E-state index in [1.54, 1.807) is 0 Å². The van der Waals surface area contributed by atoms with E-state index in [-0.39, 0.29) is 6.67 Å². The van der Waals surface area contributed by atoms with Gasteiger partial charge in [0.25, 0.3) is 0 Å². The summed E-state index contributed by atoms with van der Waals surface area (Å²) in [6, 6.07) is 0. The first-order valence-electron chi connectivity index (χ1n) is 4.76. The van der Waals surface area contributed by atoms with Crippen molar-refractivity contribution < 1.29 is 9.50 Å². The van der Waals surface area contributed by atoms with Crippen LogP contribution in [0.4, 0.5) is 4.39 Å². The van der Waals surface area contributed by atoms with Crippen molar-refractivity contribution in [3.8, 4) is 0 Å². The third-order valence-electron chi connectivity index (χ3n) is 2.57. The van der Waals surface area contributed by atoms with Gasteiger partial charge in [-0.2, -0.15) is 0 Å². The third kappa shape index (κ3) is 3.07. The van der Waals surface area contributed by atoms with Crippen molar-refractivity contribution in [2.45, 2.75) is 19.3 Å². The quantitative estimate of drug-likeness (QED) is 0.690. The van der Waals surface area contributed by atoms with Gasteiger partial charge >= 0.3 is 0 Å². The Balaban J connectivity index is 2.09. The minimum absolute atomic E-state index is 0.208. The van der Waals surface area contributed by atoms with Gasteiger partial charge in [0.2, 0.25) is 0 Å². The molecule has 0 atom stereocenters. The molecule has 1 heterocycles. The normalized spacial score (nSPS) is 21.5. The highest BCUT2D eigenvalue weighted by Crippen LogP contribution is 2.16. The lowest BCUT2D eigenvalue weighted by molar-refractivity contribution is 0.129. The summed E-state index contributed by atoms with van der Waals surface area (Å²) < 4.78 is 11.8. The van der Waals surface area contributed by atoms with Crippen LogP contribution in [0, 0.1) is 5.92 Å². The molecule has 12 heavy (non-hydrogen) atoms. The van der Waals surface area contributed by atoms with Crippen molar-refractivity contribution in [1.29, 1.82) is 0 Å². The number of nitrogens with zero attached hydrogens (tertiary/aromatic N) is 1. The summed E-state index contributed by atoms with van der Waals surface area (Å²) in [5.74, 6) is 0.492. The molecule has 0 unspecified atom stereocenters. The Labute approximate surface area is 73.4 Å². The standard InChI is InChI=1S/C9H18FNO/c10-4-1-5-11-6-2-9(8-12)3-7-11/h9,12H,1-8H2. The number of aliphatic hydroxyl groups excluding tert-OH is 1. The van der Waals surface area contributed by atoms with Crippen LogP contribution >= 0.6 is 0 Å². The summed E-state index contributed by atoms with van der Waals surface area (Å²) in [4.78, 5) is 2.28. The van der Waals surface area contributed by atoms with Crippen LogP contribution in [-0.4, -0.2) is 42.9 Å². The zero-order chi connectivity index (χ0) is 8.81. The molecule has 1 rings (SSSR count). The number of halogens is 1. The van der Waals surface area contributed by atoms with E-state index in [1.165, 1.54) is 0 Å². The molecule has 1 fully saturated rings. The first-order chi connectivity index (χ1) is 5.86. The van der Waals surface area contributed by atoms with Gasteiger partial charge in [0.05, 0.1) is 6.67 Å². The summed E-state index contributed by atoms with van der Waals surface area (Å²) in [6.45, 7) is 3.06. The SMILES string of the molecule is OCC1CCN(CCCF)CC1. The Hall–Kier alpha value is -0.150. The second kappa shape index (κ2) is 5.49. The molecule has 0 aromatic carbocycles. The molecular formula is C9H18FNO. The van der Waals surface area contributed by atoms with Gasteiger partial charge in [-0.15, -0.1) is 0 Å². The minimum atomic E-state index is -0.208. The Morgan fingerprint density at radius 1 is 1.33 bits per heavy atom. The Morgan fingerprint density at radius 2 is 2.00 bits per heavy atom. The highest BCUT2D eigenvalue weighted by Gasteiger charge is 2.17. The average molecular weight is 175 g/mol. The number of hydrogen-bond acceptors (Lipinski definition) is 2. The summed E-state index contributed by atoms with van der Waals surface area (Å²) in [5, 5.41) is 8.87. The van der Waals surface area contributed by atoms with Crippen molar-refractivity contribution in [2.24, 2.45) is 5.92 Å². The fourth-order valence-corrected chi connectivity index (χ4v) is 1.68. The zero-order valence-electron chi connectivity index (χ0n) is 7.51. The van der Waals surface area contributed by atoms with Crippen molar-refractivity contribution in [2.75, 3.05) is 32.9 Å². The predicted octanol–water partition coefficient (Wildman–Crippen LogP) is 1.05. The molecule has 0 aromatic heterocycles.